The van der Waals surface area contributed by atoms with Gasteiger partial charge in [0.05, 0.1) is 6.20 Å². The zero-order valence-corrected chi connectivity index (χ0v) is 19.6. The molecule has 1 heterocycles. The van der Waals surface area contributed by atoms with Crippen LogP contribution in [0.4, 0.5) is 0 Å². The van der Waals surface area contributed by atoms with Crippen molar-refractivity contribution >= 4 is 5.97 Å². The molecule has 34 heavy (non-hydrogen) atoms. The number of carbonyl (C=O) groups is 1. The van der Waals surface area contributed by atoms with E-state index in [1.54, 1.807) is 0 Å². The van der Waals surface area contributed by atoms with Crippen LogP contribution in [-0.4, -0.2) is 15.7 Å². The molecule has 1 aromatic heterocycles. The normalized spacial score (nSPS) is 15.2. The monoisotopic (exact) mass is 450 g/mol. The van der Waals surface area contributed by atoms with Crippen molar-refractivity contribution < 1.29 is 9.53 Å². The van der Waals surface area contributed by atoms with Crippen molar-refractivity contribution in [1.29, 1.82) is 0 Å². The lowest BCUT2D eigenvalue weighted by Crippen LogP contribution is -2.15. The van der Waals surface area contributed by atoms with Gasteiger partial charge in [-0.3, -0.25) is 9.48 Å². The van der Waals surface area contributed by atoms with Crippen LogP contribution in [0.3, 0.4) is 0 Å². The smallest absolute Gasteiger partial charge is 0.308 e. The summed E-state index contributed by atoms with van der Waals surface area (Å²) >= 11 is 0. The van der Waals surface area contributed by atoms with E-state index < -0.39 is 0 Å². The van der Waals surface area contributed by atoms with Crippen LogP contribution in [0.1, 0.15) is 65.8 Å². The van der Waals surface area contributed by atoms with E-state index in [2.05, 4.69) is 77.6 Å². The molecule has 0 bridgehead atoms. The topological polar surface area (TPSA) is 44.1 Å². The molecule has 5 rings (SSSR count). The molecule has 3 aromatic carbocycles. The molecule has 4 aromatic rings. The Morgan fingerprint density at radius 2 is 1.68 bits per heavy atom. The van der Waals surface area contributed by atoms with Gasteiger partial charge in [0.1, 0.15) is 5.75 Å². The van der Waals surface area contributed by atoms with Gasteiger partial charge >= 0.3 is 5.97 Å². The number of rotatable bonds is 7. The van der Waals surface area contributed by atoms with Crippen LogP contribution in [0.5, 0.6) is 5.75 Å². The third-order valence-electron chi connectivity index (χ3n) is 6.80. The fraction of sp³-hybridized carbons (Fsp3) is 0.267. The van der Waals surface area contributed by atoms with Crippen LogP contribution in [0, 0.1) is 0 Å². The van der Waals surface area contributed by atoms with Crippen LogP contribution in [0.15, 0.2) is 91.3 Å². The third kappa shape index (κ3) is 4.81. The second-order valence-electron chi connectivity index (χ2n) is 9.09. The van der Waals surface area contributed by atoms with E-state index in [0.717, 1.165) is 38.0 Å². The Bertz CT molecular complexity index is 1210. The first kappa shape index (κ1) is 22.1. The van der Waals surface area contributed by atoms with Gasteiger partial charge in [-0.2, -0.15) is 5.10 Å². The first-order valence-electron chi connectivity index (χ1n) is 12.1. The first-order chi connectivity index (χ1) is 16.7. The number of ether oxygens (including phenoxy) is 1. The standard InChI is InChI=1S/C30H30N2O2/c1-22(33)34-29-17-9-15-27-23(14-8-16-28(27)29)18-19-32-21-26(20-31-32)30(24-10-4-2-5-11-24)25-12-6-3-7-13-25/h2-7,9-13,15,17,20-21,23,30H,8,14,16,18-19H2,1H3. The number of aryl methyl sites for hydroxylation is 1. The van der Waals surface area contributed by atoms with Crippen LogP contribution in [0.25, 0.3) is 0 Å². The zero-order valence-electron chi connectivity index (χ0n) is 19.6. The summed E-state index contributed by atoms with van der Waals surface area (Å²) in [6.45, 7) is 2.32. The van der Waals surface area contributed by atoms with Crippen molar-refractivity contribution in [3.05, 3.63) is 119 Å². The molecular weight excluding hydrogens is 420 g/mol. The highest BCUT2D eigenvalue weighted by atomic mass is 16.5. The summed E-state index contributed by atoms with van der Waals surface area (Å²) in [6, 6.07) is 27.4. The van der Waals surface area contributed by atoms with Gasteiger partial charge in [0.25, 0.3) is 0 Å². The number of aromatic nitrogens is 2. The molecule has 1 aliphatic rings. The summed E-state index contributed by atoms with van der Waals surface area (Å²) in [5, 5.41) is 4.73. The molecule has 1 unspecified atom stereocenters. The van der Waals surface area contributed by atoms with Gasteiger partial charge in [0, 0.05) is 31.1 Å². The molecule has 0 spiro atoms. The van der Waals surface area contributed by atoms with E-state index in [-0.39, 0.29) is 11.9 Å². The number of esters is 1. The van der Waals surface area contributed by atoms with E-state index >= 15 is 0 Å². The Kier molecular flexibility index (Phi) is 6.57. The van der Waals surface area contributed by atoms with E-state index in [4.69, 9.17) is 9.84 Å². The maximum Gasteiger partial charge on any atom is 0.308 e. The quantitative estimate of drug-likeness (QED) is 0.238. The van der Waals surface area contributed by atoms with E-state index in [0.29, 0.717) is 5.92 Å². The predicted molar refractivity (Wildman–Crippen MR) is 134 cm³/mol. The molecule has 0 radical (unpaired) electrons. The molecule has 0 aliphatic heterocycles. The zero-order chi connectivity index (χ0) is 23.3. The molecule has 1 atom stereocenters. The number of fused-ring (bicyclic) bond motifs is 1. The van der Waals surface area contributed by atoms with Crippen molar-refractivity contribution in [2.24, 2.45) is 0 Å². The average molecular weight is 451 g/mol. The highest BCUT2D eigenvalue weighted by Gasteiger charge is 2.24. The fourth-order valence-electron chi connectivity index (χ4n) is 5.27. The molecule has 172 valence electrons. The molecule has 4 nitrogen and oxygen atoms in total. The average Bonchev–Trinajstić information content (AvgIpc) is 3.32. The maximum atomic E-state index is 11.5. The lowest BCUT2D eigenvalue weighted by Gasteiger charge is -2.27. The SMILES string of the molecule is CC(=O)Oc1cccc2c1CCCC2CCn1cc(C(c2ccccc2)c2ccccc2)cn1. The summed E-state index contributed by atoms with van der Waals surface area (Å²) in [5.74, 6) is 1.08. The minimum absolute atomic E-state index is 0.165. The molecule has 0 saturated heterocycles. The van der Waals surface area contributed by atoms with Crippen molar-refractivity contribution in [2.75, 3.05) is 0 Å². The van der Waals surface area contributed by atoms with Crippen molar-refractivity contribution in [2.45, 2.75) is 51.0 Å². The van der Waals surface area contributed by atoms with Crippen LogP contribution in [-0.2, 0) is 17.8 Å². The number of hydrogen-bond acceptors (Lipinski definition) is 3. The Labute approximate surface area is 201 Å². The van der Waals surface area contributed by atoms with Crippen molar-refractivity contribution in [3.8, 4) is 5.75 Å². The molecule has 1 aliphatic carbocycles. The predicted octanol–water partition coefficient (Wildman–Crippen LogP) is 6.50. The largest absolute Gasteiger partial charge is 0.426 e. The lowest BCUT2D eigenvalue weighted by atomic mass is 9.80. The van der Waals surface area contributed by atoms with Crippen LogP contribution >= 0.6 is 0 Å². The van der Waals surface area contributed by atoms with Gasteiger partial charge in [-0.05, 0) is 59.9 Å². The number of carbonyl (C=O) groups excluding carboxylic acids is 1. The summed E-state index contributed by atoms with van der Waals surface area (Å²) < 4.78 is 7.56. The summed E-state index contributed by atoms with van der Waals surface area (Å²) in [6.07, 6.45) is 8.46. The third-order valence-corrected chi connectivity index (χ3v) is 6.80. The second kappa shape index (κ2) is 10.1. The van der Waals surface area contributed by atoms with Gasteiger partial charge in [0.15, 0.2) is 0 Å². The van der Waals surface area contributed by atoms with Gasteiger partial charge < -0.3 is 4.74 Å². The minimum atomic E-state index is -0.258. The van der Waals surface area contributed by atoms with Gasteiger partial charge in [-0.25, -0.2) is 0 Å². The molecule has 0 saturated carbocycles. The van der Waals surface area contributed by atoms with Crippen molar-refractivity contribution in [1.82, 2.24) is 9.78 Å². The minimum Gasteiger partial charge on any atom is -0.426 e. The van der Waals surface area contributed by atoms with Gasteiger partial charge in [0.2, 0.25) is 0 Å². The number of benzene rings is 3. The Morgan fingerprint density at radius 3 is 2.35 bits per heavy atom. The van der Waals surface area contributed by atoms with E-state index in [9.17, 15) is 4.79 Å². The fourth-order valence-corrected chi connectivity index (χ4v) is 5.27. The highest BCUT2D eigenvalue weighted by molar-refractivity contribution is 5.70. The van der Waals surface area contributed by atoms with Crippen molar-refractivity contribution in [3.63, 3.8) is 0 Å². The van der Waals surface area contributed by atoms with Gasteiger partial charge in [-0.15, -0.1) is 0 Å². The highest BCUT2D eigenvalue weighted by Crippen LogP contribution is 2.39. The molecular formula is C30H30N2O2. The molecule has 0 fully saturated rings. The summed E-state index contributed by atoms with van der Waals surface area (Å²) in [7, 11) is 0. The molecule has 0 amide bonds. The second-order valence-corrected chi connectivity index (χ2v) is 9.09. The molecule has 0 N–H and O–H groups in total. The van der Waals surface area contributed by atoms with Gasteiger partial charge in [-0.1, -0.05) is 72.8 Å². The van der Waals surface area contributed by atoms with Crippen LogP contribution in [0.2, 0.25) is 0 Å². The summed E-state index contributed by atoms with van der Waals surface area (Å²) in [5.41, 5.74) is 6.27. The lowest BCUT2D eigenvalue weighted by molar-refractivity contribution is -0.131. The Balaban J connectivity index is 1.35. The van der Waals surface area contributed by atoms with Crippen LogP contribution < -0.4 is 4.74 Å². The Hall–Kier alpha value is -3.66. The van der Waals surface area contributed by atoms with E-state index in [1.807, 2.05) is 18.3 Å². The number of hydrogen-bond donors (Lipinski definition) is 0. The first-order valence-corrected chi connectivity index (χ1v) is 12.1. The Morgan fingerprint density at radius 1 is 0.971 bits per heavy atom. The van der Waals surface area contributed by atoms with E-state index in [1.165, 1.54) is 34.7 Å². The maximum absolute atomic E-state index is 11.5. The summed E-state index contributed by atoms with van der Waals surface area (Å²) in [4.78, 5) is 11.5. The number of nitrogens with zero attached hydrogens (tertiary/aromatic N) is 2. The molecule has 4 heteroatoms.